The van der Waals surface area contributed by atoms with Gasteiger partial charge in [-0.3, -0.25) is 0 Å². The average molecular weight is 450 g/mol. The fourth-order valence-corrected chi connectivity index (χ4v) is 3.77. The molecule has 0 bridgehead atoms. The zero-order valence-corrected chi connectivity index (χ0v) is 19.0. The van der Waals surface area contributed by atoms with Crippen molar-refractivity contribution in [2.45, 2.75) is 26.8 Å². The van der Waals surface area contributed by atoms with Gasteiger partial charge in [-0.1, -0.05) is 6.07 Å². The number of allylic oxidation sites excluding steroid dienone is 1. The number of carbonyl (C=O) groups is 1. The number of nitrogens with zero attached hydrogens (tertiary/aromatic N) is 3. The maximum Gasteiger partial charge on any atom is 0.338 e. The third-order valence-corrected chi connectivity index (χ3v) is 5.30. The number of phenolic OH excluding ortho intramolecular Hbond substituents is 1. The molecule has 2 N–H and O–H groups in total. The van der Waals surface area contributed by atoms with Crippen molar-refractivity contribution in [2.75, 3.05) is 25.6 Å². The summed E-state index contributed by atoms with van der Waals surface area (Å²) in [6, 6.07) is 11.8. The van der Waals surface area contributed by atoms with E-state index in [0.29, 0.717) is 41.0 Å². The average Bonchev–Trinajstić information content (AvgIpc) is 3.23. The van der Waals surface area contributed by atoms with E-state index in [9.17, 15) is 9.90 Å². The Hall–Kier alpha value is -4.01. The summed E-state index contributed by atoms with van der Waals surface area (Å²) in [7, 11) is 1.61. The van der Waals surface area contributed by atoms with Gasteiger partial charge in [0.25, 0.3) is 0 Å². The van der Waals surface area contributed by atoms with Crippen molar-refractivity contribution in [2.24, 2.45) is 0 Å². The molecule has 0 amide bonds. The topological polar surface area (TPSA) is 108 Å². The zero-order chi connectivity index (χ0) is 23.5. The first-order valence-corrected chi connectivity index (χ1v) is 10.7. The molecule has 0 saturated heterocycles. The third-order valence-electron chi connectivity index (χ3n) is 5.30. The molecule has 9 heteroatoms. The molecule has 0 fully saturated rings. The van der Waals surface area contributed by atoms with Crippen molar-refractivity contribution in [3.63, 3.8) is 0 Å². The second-order valence-electron chi connectivity index (χ2n) is 7.38. The van der Waals surface area contributed by atoms with Gasteiger partial charge in [-0.15, -0.1) is 5.10 Å². The number of esters is 1. The summed E-state index contributed by atoms with van der Waals surface area (Å²) in [5.74, 6) is 1.60. The Morgan fingerprint density at radius 3 is 2.58 bits per heavy atom. The van der Waals surface area contributed by atoms with E-state index >= 15 is 0 Å². The Labute approximate surface area is 191 Å². The van der Waals surface area contributed by atoms with Gasteiger partial charge < -0.3 is 24.6 Å². The van der Waals surface area contributed by atoms with Gasteiger partial charge in [0.15, 0.2) is 17.3 Å². The number of hydrogen-bond acceptors (Lipinski definition) is 8. The van der Waals surface area contributed by atoms with Gasteiger partial charge in [0.05, 0.1) is 25.9 Å². The number of methoxy groups -OCH3 is 1. The maximum atomic E-state index is 13.0. The standard InChI is InChI=1S/C24H26N4O5/c1-5-32-19-13-16(9-12-18(19)29)21-20(23(30)33-6-2)14(3)25-24-26-22(27-28(21)24)15-7-10-17(31-4)11-8-15/h7-13,21,29H,5-6H2,1-4H3,(H,25,26,27). The van der Waals surface area contributed by atoms with Gasteiger partial charge in [-0.2, -0.15) is 4.98 Å². The molecule has 172 valence electrons. The van der Waals surface area contributed by atoms with Crippen molar-refractivity contribution < 1.29 is 24.1 Å². The molecular weight excluding hydrogens is 424 g/mol. The Balaban J connectivity index is 1.85. The maximum absolute atomic E-state index is 13.0. The van der Waals surface area contributed by atoms with Crippen LogP contribution in [0.2, 0.25) is 0 Å². The Morgan fingerprint density at radius 2 is 1.91 bits per heavy atom. The molecule has 3 aromatic rings. The van der Waals surface area contributed by atoms with Gasteiger partial charge in [0, 0.05) is 11.3 Å². The van der Waals surface area contributed by atoms with Gasteiger partial charge in [0.1, 0.15) is 11.8 Å². The summed E-state index contributed by atoms with van der Waals surface area (Å²) in [5.41, 5.74) is 2.52. The molecule has 2 aromatic carbocycles. The lowest BCUT2D eigenvalue weighted by molar-refractivity contribution is -0.139. The Morgan fingerprint density at radius 1 is 1.15 bits per heavy atom. The van der Waals surface area contributed by atoms with Crippen molar-refractivity contribution in [1.29, 1.82) is 0 Å². The summed E-state index contributed by atoms with van der Waals surface area (Å²) in [5, 5.41) is 18.1. The van der Waals surface area contributed by atoms with Crippen LogP contribution in [0.5, 0.6) is 17.2 Å². The molecule has 1 atom stereocenters. The van der Waals surface area contributed by atoms with Crippen LogP contribution in [0.1, 0.15) is 32.4 Å². The van der Waals surface area contributed by atoms with Crippen LogP contribution in [0.4, 0.5) is 5.95 Å². The number of nitrogens with one attached hydrogen (secondary N) is 1. The number of aromatic nitrogens is 3. The van der Waals surface area contributed by atoms with E-state index in [1.54, 1.807) is 43.8 Å². The normalized spacial score (nSPS) is 15.0. The molecule has 0 spiro atoms. The van der Waals surface area contributed by atoms with Gasteiger partial charge in [-0.25, -0.2) is 9.48 Å². The molecule has 4 rings (SSSR count). The lowest BCUT2D eigenvalue weighted by Gasteiger charge is -2.28. The molecule has 1 aliphatic rings. The summed E-state index contributed by atoms with van der Waals surface area (Å²) >= 11 is 0. The fraction of sp³-hybridized carbons (Fsp3) is 0.292. The van der Waals surface area contributed by atoms with Crippen molar-refractivity contribution in [3.05, 3.63) is 59.3 Å². The Kier molecular flexibility index (Phi) is 6.21. The van der Waals surface area contributed by atoms with Crippen LogP contribution in [-0.2, 0) is 9.53 Å². The number of hydrogen-bond donors (Lipinski definition) is 2. The van der Waals surface area contributed by atoms with Crippen molar-refractivity contribution in [1.82, 2.24) is 14.8 Å². The molecule has 33 heavy (non-hydrogen) atoms. The minimum atomic E-state index is -0.625. The molecule has 1 unspecified atom stereocenters. The highest BCUT2D eigenvalue weighted by molar-refractivity contribution is 5.92. The summed E-state index contributed by atoms with van der Waals surface area (Å²) < 4.78 is 17.8. The molecule has 0 aliphatic carbocycles. The number of fused-ring (bicyclic) bond motifs is 1. The van der Waals surface area contributed by atoms with Crippen LogP contribution in [0.15, 0.2) is 53.7 Å². The van der Waals surface area contributed by atoms with Crippen LogP contribution in [0, 0.1) is 0 Å². The molecule has 1 aromatic heterocycles. The molecule has 9 nitrogen and oxygen atoms in total. The minimum Gasteiger partial charge on any atom is -0.504 e. The van der Waals surface area contributed by atoms with Crippen LogP contribution in [0.3, 0.4) is 0 Å². The van der Waals surface area contributed by atoms with Crippen molar-refractivity contribution in [3.8, 4) is 28.6 Å². The number of benzene rings is 2. The third kappa shape index (κ3) is 4.21. The first-order valence-electron chi connectivity index (χ1n) is 10.7. The molecular formula is C24H26N4O5. The van der Waals surface area contributed by atoms with E-state index < -0.39 is 12.0 Å². The predicted octanol–water partition coefficient (Wildman–Crippen LogP) is 3.91. The van der Waals surface area contributed by atoms with E-state index in [1.165, 1.54) is 0 Å². The van der Waals surface area contributed by atoms with E-state index in [4.69, 9.17) is 19.3 Å². The molecule has 0 saturated carbocycles. The predicted molar refractivity (Wildman–Crippen MR) is 122 cm³/mol. The smallest absolute Gasteiger partial charge is 0.338 e. The quantitative estimate of drug-likeness (QED) is 0.522. The minimum absolute atomic E-state index is 0.0191. The fourth-order valence-electron chi connectivity index (χ4n) is 3.77. The molecule has 0 radical (unpaired) electrons. The first-order chi connectivity index (χ1) is 16.0. The summed E-state index contributed by atoms with van der Waals surface area (Å²) in [6.07, 6.45) is 0. The SMILES string of the molecule is CCOC(=O)C1=C(C)Nc2nc(-c3ccc(OC)cc3)nn2C1c1ccc(O)c(OCC)c1. The molecule has 1 aliphatic heterocycles. The largest absolute Gasteiger partial charge is 0.504 e. The van der Waals surface area contributed by atoms with Crippen LogP contribution in [0.25, 0.3) is 11.4 Å². The van der Waals surface area contributed by atoms with E-state index in [-0.39, 0.29) is 12.4 Å². The summed E-state index contributed by atoms with van der Waals surface area (Å²) in [6.45, 7) is 6.02. The van der Waals surface area contributed by atoms with E-state index in [0.717, 1.165) is 11.3 Å². The highest BCUT2D eigenvalue weighted by Gasteiger charge is 2.35. The monoisotopic (exact) mass is 450 g/mol. The number of phenols is 1. The summed E-state index contributed by atoms with van der Waals surface area (Å²) in [4.78, 5) is 17.6. The number of carbonyl (C=O) groups excluding carboxylic acids is 1. The van der Waals surface area contributed by atoms with Gasteiger partial charge in [-0.05, 0) is 62.7 Å². The van der Waals surface area contributed by atoms with Crippen LogP contribution >= 0.6 is 0 Å². The zero-order valence-electron chi connectivity index (χ0n) is 19.0. The number of rotatable bonds is 7. The number of aromatic hydroxyl groups is 1. The van der Waals surface area contributed by atoms with E-state index in [2.05, 4.69) is 10.3 Å². The van der Waals surface area contributed by atoms with Crippen LogP contribution < -0.4 is 14.8 Å². The Bertz CT molecular complexity index is 1200. The molecule has 2 heterocycles. The number of anilines is 1. The lowest BCUT2D eigenvalue weighted by atomic mass is 9.95. The van der Waals surface area contributed by atoms with Gasteiger partial charge in [0.2, 0.25) is 5.95 Å². The lowest BCUT2D eigenvalue weighted by Crippen LogP contribution is -2.29. The van der Waals surface area contributed by atoms with E-state index in [1.807, 2.05) is 31.2 Å². The highest BCUT2D eigenvalue weighted by Crippen LogP contribution is 2.39. The number of ether oxygens (including phenoxy) is 3. The van der Waals surface area contributed by atoms with Gasteiger partial charge >= 0.3 is 5.97 Å². The van der Waals surface area contributed by atoms with Crippen molar-refractivity contribution >= 4 is 11.9 Å². The second kappa shape index (κ2) is 9.23. The first kappa shape index (κ1) is 22.2. The second-order valence-corrected chi connectivity index (χ2v) is 7.38. The highest BCUT2D eigenvalue weighted by atomic mass is 16.5. The van der Waals surface area contributed by atoms with Crippen LogP contribution in [-0.4, -0.2) is 46.2 Å².